The Morgan fingerprint density at radius 1 is 1.39 bits per heavy atom. The van der Waals surface area contributed by atoms with E-state index >= 15 is 0 Å². The summed E-state index contributed by atoms with van der Waals surface area (Å²) >= 11 is 0. The SMILES string of the molecule is CCC(CO)NC(=O)C(=O)Nc1cccc(N2CCOC2=O)c1. The van der Waals surface area contributed by atoms with Gasteiger partial charge in [0, 0.05) is 11.4 Å². The first-order chi connectivity index (χ1) is 11.0. The second-order valence-electron chi connectivity index (χ2n) is 5.03. The Hall–Kier alpha value is -2.61. The molecule has 1 aliphatic heterocycles. The molecule has 1 heterocycles. The van der Waals surface area contributed by atoms with Gasteiger partial charge in [0.1, 0.15) is 6.61 Å². The molecule has 8 nitrogen and oxygen atoms in total. The highest BCUT2D eigenvalue weighted by Gasteiger charge is 2.24. The Morgan fingerprint density at radius 2 is 2.17 bits per heavy atom. The van der Waals surface area contributed by atoms with Gasteiger partial charge >= 0.3 is 17.9 Å². The Kier molecular flexibility index (Phi) is 5.53. The lowest BCUT2D eigenvalue weighted by atomic mass is 10.2. The van der Waals surface area contributed by atoms with E-state index < -0.39 is 23.9 Å². The van der Waals surface area contributed by atoms with Gasteiger partial charge in [-0.15, -0.1) is 0 Å². The number of aliphatic hydroxyl groups is 1. The van der Waals surface area contributed by atoms with Crippen molar-refractivity contribution in [3.05, 3.63) is 24.3 Å². The zero-order chi connectivity index (χ0) is 16.8. The maximum atomic E-state index is 11.9. The minimum Gasteiger partial charge on any atom is -0.447 e. The van der Waals surface area contributed by atoms with Crippen LogP contribution in [0.5, 0.6) is 0 Å². The number of ether oxygens (including phenoxy) is 1. The van der Waals surface area contributed by atoms with E-state index in [2.05, 4.69) is 10.6 Å². The lowest BCUT2D eigenvalue weighted by molar-refractivity contribution is -0.136. The highest BCUT2D eigenvalue weighted by molar-refractivity contribution is 6.39. The van der Waals surface area contributed by atoms with Gasteiger partial charge in [0.05, 0.1) is 19.2 Å². The first-order valence-electron chi connectivity index (χ1n) is 7.32. The Balaban J connectivity index is 2.01. The van der Waals surface area contributed by atoms with Crippen LogP contribution < -0.4 is 15.5 Å². The Labute approximate surface area is 133 Å². The standard InChI is InChI=1S/C15H19N3O5/c1-2-10(9-19)16-13(20)14(21)17-11-4-3-5-12(8-11)18-6-7-23-15(18)22/h3-5,8,10,19H,2,6-7,9H2,1H3,(H,16,20)(H,17,21). The molecule has 1 aromatic carbocycles. The van der Waals surface area contributed by atoms with Crippen LogP contribution in [0.3, 0.4) is 0 Å². The van der Waals surface area contributed by atoms with E-state index in [1.165, 1.54) is 4.90 Å². The highest BCUT2D eigenvalue weighted by Crippen LogP contribution is 2.22. The zero-order valence-corrected chi connectivity index (χ0v) is 12.7. The summed E-state index contributed by atoms with van der Waals surface area (Å²) in [6.07, 6.45) is 0.0715. The molecular formula is C15H19N3O5. The lowest BCUT2D eigenvalue weighted by Gasteiger charge is -2.15. The minimum absolute atomic E-state index is 0.234. The summed E-state index contributed by atoms with van der Waals surface area (Å²) in [5.41, 5.74) is 0.965. The van der Waals surface area contributed by atoms with Crippen molar-refractivity contribution in [1.29, 1.82) is 0 Å². The molecule has 0 radical (unpaired) electrons. The molecular weight excluding hydrogens is 302 g/mol. The molecule has 0 spiro atoms. The predicted octanol–water partition coefficient (Wildman–Crippen LogP) is 0.469. The molecule has 3 amide bonds. The smallest absolute Gasteiger partial charge is 0.414 e. The summed E-state index contributed by atoms with van der Waals surface area (Å²) in [5, 5.41) is 13.9. The van der Waals surface area contributed by atoms with Crippen LogP contribution in [0.2, 0.25) is 0 Å². The third kappa shape index (κ3) is 4.19. The van der Waals surface area contributed by atoms with E-state index in [-0.39, 0.29) is 6.61 Å². The van der Waals surface area contributed by atoms with Crippen molar-refractivity contribution in [3.63, 3.8) is 0 Å². The van der Waals surface area contributed by atoms with Crippen molar-refractivity contribution in [2.45, 2.75) is 19.4 Å². The number of cyclic esters (lactones) is 1. The van der Waals surface area contributed by atoms with Crippen LogP contribution in [-0.2, 0) is 14.3 Å². The van der Waals surface area contributed by atoms with Gasteiger partial charge in [-0.05, 0) is 24.6 Å². The third-order valence-electron chi connectivity index (χ3n) is 3.43. The minimum atomic E-state index is -0.835. The molecule has 1 unspecified atom stereocenters. The normalized spacial score (nSPS) is 15.0. The number of benzene rings is 1. The monoisotopic (exact) mass is 321 g/mol. The number of rotatable bonds is 5. The summed E-state index contributed by atoms with van der Waals surface area (Å²) < 4.78 is 4.86. The van der Waals surface area contributed by atoms with Gasteiger partial charge in [0.15, 0.2) is 0 Å². The Morgan fingerprint density at radius 3 is 2.78 bits per heavy atom. The number of nitrogens with one attached hydrogen (secondary N) is 2. The Bertz CT molecular complexity index is 601. The molecule has 2 rings (SSSR count). The van der Waals surface area contributed by atoms with Crippen LogP contribution in [0.15, 0.2) is 24.3 Å². The molecule has 3 N–H and O–H groups in total. The topological polar surface area (TPSA) is 108 Å². The van der Waals surface area contributed by atoms with E-state index in [0.29, 0.717) is 30.9 Å². The largest absolute Gasteiger partial charge is 0.447 e. The van der Waals surface area contributed by atoms with Gasteiger partial charge < -0.3 is 20.5 Å². The number of amides is 3. The van der Waals surface area contributed by atoms with Crippen molar-refractivity contribution in [2.75, 3.05) is 30.0 Å². The van der Waals surface area contributed by atoms with E-state index in [1.54, 1.807) is 31.2 Å². The van der Waals surface area contributed by atoms with Gasteiger partial charge in [-0.25, -0.2) is 4.79 Å². The van der Waals surface area contributed by atoms with E-state index in [4.69, 9.17) is 9.84 Å². The maximum Gasteiger partial charge on any atom is 0.414 e. The average molecular weight is 321 g/mol. The van der Waals surface area contributed by atoms with E-state index in [9.17, 15) is 14.4 Å². The van der Waals surface area contributed by atoms with E-state index in [0.717, 1.165) is 0 Å². The fraction of sp³-hybridized carbons (Fsp3) is 0.400. The molecule has 1 saturated heterocycles. The second-order valence-corrected chi connectivity index (χ2v) is 5.03. The summed E-state index contributed by atoms with van der Waals surface area (Å²) in [6, 6.07) is 6.11. The molecule has 0 aromatic heterocycles. The van der Waals surface area contributed by atoms with Crippen molar-refractivity contribution in [3.8, 4) is 0 Å². The average Bonchev–Trinajstić information content (AvgIpc) is 2.98. The van der Waals surface area contributed by atoms with Gasteiger partial charge in [-0.2, -0.15) is 0 Å². The molecule has 1 fully saturated rings. The van der Waals surface area contributed by atoms with Gasteiger partial charge in [-0.3, -0.25) is 14.5 Å². The van der Waals surface area contributed by atoms with Crippen molar-refractivity contribution >= 4 is 29.3 Å². The molecule has 23 heavy (non-hydrogen) atoms. The summed E-state index contributed by atoms with van der Waals surface area (Å²) in [6.45, 7) is 2.31. The number of anilines is 2. The summed E-state index contributed by atoms with van der Waals surface area (Å²) in [5.74, 6) is -1.66. The molecule has 1 atom stereocenters. The van der Waals surface area contributed by atoms with E-state index in [1.807, 2.05) is 0 Å². The van der Waals surface area contributed by atoms with Gasteiger partial charge in [0.25, 0.3) is 0 Å². The van der Waals surface area contributed by atoms with Crippen LogP contribution in [0, 0.1) is 0 Å². The predicted molar refractivity (Wildman–Crippen MR) is 83.1 cm³/mol. The summed E-state index contributed by atoms with van der Waals surface area (Å²) in [7, 11) is 0. The zero-order valence-electron chi connectivity index (χ0n) is 12.7. The number of aliphatic hydroxyl groups excluding tert-OH is 1. The fourth-order valence-corrected chi connectivity index (χ4v) is 2.10. The lowest BCUT2D eigenvalue weighted by Crippen LogP contribution is -2.43. The molecule has 1 aromatic rings. The number of hydrogen-bond acceptors (Lipinski definition) is 5. The number of carbonyl (C=O) groups excluding carboxylic acids is 3. The molecule has 0 saturated carbocycles. The quantitative estimate of drug-likeness (QED) is 0.683. The van der Waals surface area contributed by atoms with Crippen LogP contribution in [-0.4, -0.2) is 48.8 Å². The summed E-state index contributed by atoms with van der Waals surface area (Å²) in [4.78, 5) is 36.6. The molecule has 0 bridgehead atoms. The molecule has 0 aliphatic carbocycles. The highest BCUT2D eigenvalue weighted by atomic mass is 16.6. The maximum absolute atomic E-state index is 11.9. The second kappa shape index (κ2) is 7.59. The van der Waals surface area contributed by atoms with Crippen LogP contribution >= 0.6 is 0 Å². The number of nitrogens with zero attached hydrogens (tertiary/aromatic N) is 1. The number of hydrogen-bond donors (Lipinski definition) is 3. The molecule has 1 aliphatic rings. The van der Waals surface area contributed by atoms with Gasteiger partial charge in [0.2, 0.25) is 0 Å². The third-order valence-corrected chi connectivity index (χ3v) is 3.43. The van der Waals surface area contributed by atoms with Crippen molar-refractivity contribution in [2.24, 2.45) is 0 Å². The van der Waals surface area contributed by atoms with Crippen LogP contribution in [0.25, 0.3) is 0 Å². The first kappa shape index (κ1) is 16.8. The first-order valence-corrected chi connectivity index (χ1v) is 7.32. The van der Waals surface area contributed by atoms with Gasteiger partial charge in [-0.1, -0.05) is 13.0 Å². The number of carbonyl (C=O) groups is 3. The van der Waals surface area contributed by atoms with Crippen LogP contribution in [0.4, 0.5) is 16.2 Å². The molecule has 8 heteroatoms. The fourth-order valence-electron chi connectivity index (χ4n) is 2.10. The van der Waals surface area contributed by atoms with Crippen LogP contribution in [0.1, 0.15) is 13.3 Å². The van der Waals surface area contributed by atoms with Crippen molar-refractivity contribution < 1.29 is 24.2 Å². The van der Waals surface area contributed by atoms with Crippen molar-refractivity contribution in [1.82, 2.24) is 5.32 Å². The molecule has 124 valence electrons.